The molecule has 122 valence electrons. The minimum absolute atomic E-state index is 0.192. The maximum atomic E-state index is 11.7. The quantitative estimate of drug-likeness (QED) is 0.881. The smallest absolute Gasteiger partial charge is 0.321 e. The molecule has 2 heterocycles. The molecule has 1 aromatic carbocycles. The van der Waals surface area contributed by atoms with Gasteiger partial charge in [0.25, 0.3) is 0 Å². The Morgan fingerprint density at radius 3 is 2.65 bits per heavy atom. The zero-order chi connectivity index (χ0) is 15.9. The number of carbonyl (C=O) groups is 1. The summed E-state index contributed by atoms with van der Waals surface area (Å²) in [5.41, 5.74) is 1.29. The van der Waals surface area contributed by atoms with Crippen LogP contribution >= 0.6 is 11.3 Å². The van der Waals surface area contributed by atoms with Crippen LogP contribution in [-0.2, 0) is 0 Å². The van der Waals surface area contributed by atoms with Gasteiger partial charge >= 0.3 is 6.03 Å². The SMILES string of the molecule is O=C(NCCN1CCN(c2ccccc2)CC1)Nc1nccs1. The van der Waals surface area contributed by atoms with Gasteiger partial charge < -0.3 is 10.2 Å². The molecule has 3 rings (SSSR count). The first-order valence-electron chi connectivity index (χ1n) is 7.78. The lowest BCUT2D eigenvalue weighted by Gasteiger charge is -2.36. The van der Waals surface area contributed by atoms with Crippen LogP contribution in [-0.4, -0.2) is 55.2 Å². The van der Waals surface area contributed by atoms with Crippen LogP contribution in [0, 0.1) is 0 Å². The van der Waals surface area contributed by atoms with Gasteiger partial charge in [0.2, 0.25) is 0 Å². The lowest BCUT2D eigenvalue weighted by atomic mass is 10.2. The highest BCUT2D eigenvalue weighted by molar-refractivity contribution is 7.13. The van der Waals surface area contributed by atoms with Crippen molar-refractivity contribution in [1.29, 1.82) is 0 Å². The fraction of sp³-hybridized carbons (Fsp3) is 0.375. The van der Waals surface area contributed by atoms with E-state index in [1.54, 1.807) is 6.20 Å². The third-order valence-electron chi connectivity index (χ3n) is 3.86. The summed E-state index contributed by atoms with van der Waals surface area (Å²) in [6.45, 7) is 5.59. The van der Waals surface area contributed by atoms with Crippen molar-refractivity contribution in [2.75, 3.05) is 49.5 Å². The summed E-state index contributed by atoms with van der Waals surface area (Å²) in [6.07, 6.45) is 1.67. The Balaban J connectivity index is 1.34. The highest BCUT2D eigenvalue weighted by Crippen LogP contribution is 2.15. The number of anilines is 2. The molecule has 2 aromatic rings. The maximum Gasteiger partial charge on any atom is 0.321 e. The van der Waals surface area contributed by atoms with E-state index in [2.05, 4.69) is 49.7 Å². The van der Waals surface area contributed by atoms with E-state index in [0.29, 0.717) is 11.7 Å². The molecule has 1 fully saturated rings. The Hall–Kier alpha value is -2.12. The largest absolute Gasteiger partial charge is 0.369 e. The number of hydrogen-bond donors (Lipinski definition) is 2. The summed E-state index contributed by atoms with van der Waals surface area (Å²) >= 11 is 1.41. The fourth-order valence-corrected chi connectivity index (χ4v) is 3.15. The minimum atomic E-state index is -0.192. The average Bonchev–Trinajstić information content (AvgIpc) is 3.09. The summed E-state index contributed by atoms with van der Waals surface area (Å²) < 4.78 is 0. The second-order valence-corrected chi connectivity index (χ2v) is 6.28. The summed E-state index contributed by atoms with van der Waals surface area (Å²) in [5, 5.41) is 8.05. The number of rotatable bonds is 5. The molecule has 1 aliphatic heterocycles. The van der Waals surface area contributed by atoms with Crippen molar-refractivity contribution < 1.29 is 4.79 Å². The van der Waals surface area contributed by atoms with Gasteiger partial charge in [0, 0.05) is 56.5 Å². The molecule has 0 saturated carbocycles. The molecular weight excluding hydrogens is 310 g/mol. The Labute approximate surface area is 140 Å². The van der Waals surface area contributed by atoms with Crippen LogP contribution in [0.25, 0.3) is 0 Å². The maximum absolute atomic E-state index is 11.7. The Bertz CT molecular complexity index is 596. The van der Waals surface area contributed by atoms with E-state index in [-0.39, 0.29) is 6.03 Å². The van der Waals surface area contributed by atoms with E-state index in [1.165, 1.54) is 17.0 Å². The number of aromatic nitrogens is 1. The number of amides is 2. The standard InChI is InChI=1S/C16H21N5OS/c22-15(19-16-18-7-13-23-16)17-6-8-20-9-11-21(12-10-20)14-4-2-1-3-5-14/h1-5,7,13H,6,8-12H2,(H2,17,18,19,22). The number of piperazine rings is 1. The highest BCUT2D eigenvalue weighted by atomic mass is 32.1. The van der Waals surface area contributed by atoms with Crippen molar-refractivity contribution in [2.24, 2.45) is 0 Å². The zero-order valence-corrected chi connectivity index (χ0v) is 13.8. The topological polar surface area (TPSA) is 60.5 Å². The van der Waals surface area contributed by atoms with Crippen molar-refractivity contribution in [2.45, 2.75) is 0 Å². The van der Waals surface area contributed by atoms with Gasteiger partial charge in [-0.05, 0) is 12.1 Å². The molecule has 1 aliphatic rings. The van der Waals surface area contributed by atoms with Gasteiger partial charge in [-0.3, -0.25) is 10.2 Å². The molecule has 0 unspecified atom stereocenters. The number of nitrogens with zero attached hydrogens (tertiary/aromatic N) is 3. The highest BCUT2D eigenvalue weighted by Gasteiger charge is 2.16. The van der Waals surface area contributed by atoms with Crippen LogP contribution in [0.15, 0.2) is 41.9 Å². The predicted molar refractivity (Wildman–Crippen MR) is 94.2 cm³/mol. The molecular formula is C16H21N5OS. The first-order chi connectivity index (χ1) is 11.3. The molecule has 6 nitrogen and oxygen atoms in total. The number of urea groups is 1. The monoisotopic (exact) mass is 331 g/mol. The molecule has 0 radical (unpaired) electrons. The summed E-state index contributed by atoms with van der Waals surface area (Å²) in [4.78, 5) is 20.5. The van der Waals surface area contributed by atoms with E-state index < -0.39 is 0 Å². The van der Waals surface area contributed by atoms with Crippen molar-refractivity contribution in [3.8, 4) is 0 Å². The third kappa shape index (κ3) is 4.67. The Morgan fingerprint density at radius 1 is 1.17 bits per heavy atom. The molecule has 2 amide bonds. The molecule has 0 aliphatic carbocycles. The van der Waals surface area contributed by atoms with E-state index in [1.807, 2.05) is 11.4 Å². The van der Waals surface area contributed by atoms with E-state index in [9.17, 15) is 4.79 Å². The van der Waals surface area contributed by atoms with Crippen LogP contribution < -0.4 is 15.5 Å². The summed E-state index contributed by atoms with van der Waals surface area (Å²) in [6, 6.07) is 10.3. The molecule has 0 bridgehead atoms. The fourth-order valence-electron chi connectivity index (χ4n) is 2.62. The van der Waals surface area contributed by atoms with Crippen LogP contribution in [0.5, 0.6) is 0 Å². The van der Waals surface area contributed by atoms with Crippen LogP contribution in [0.1, 0.15) is 0 Å². The Morgan fingerprint density at radius 2 is 1.96 bits per heavy atom. The van der Waals surface area contributed by atoms with Gasteiger partial charge in [-0.25, -0.2) is 9.78 Å². The van der Waals surface area contributed by atoms with Gasteiger partial charge in [0.15, 0.2) is 5.13 Å². The van der Waals surface area contributed by atoms with E-state index in [4.69, 9.17) is 0 Å². The van der Waals surface area contributed by atoms with Crippen LogP contribution in [0.3, 0.4) is 0 Å². The molecule has 0 spiro atoms. The Kier molecular flexibility index (Phi) is 5.44. The molecule has 2 N–H and O–H groups in total. The van der Waals surface area contributed by atoms with Gasteiger partial charge in [-0.2, -0.15) is 0 Å². The molecule has 1 aromatic heterocycles. The lowest BCUT2D eigenvalue weighted by Crippen LogP contribution is -2.48. The van der Waals surface area contributed by atoms with E-state index >= 15 is 0 Å². The first-order valence-corrected chi connectivity index (χ1v) is 8.66. The third-order valence-corrected chi connectivity index (χ3v) is 4.55. The van der Waals surface area contributed by atoms with Crippen molar-refractivity contribution in [3.63, 3.8) is 0 Å². The summed E-state index contributed by atoms with van der Waals surface area (Å²) in [5.74, 6) is 0. The second-order valence-electron chi connectivity index (χ2n) is 5.38. The van der Waals surface area contributed by atoms with Crippen LogP contribution in [0.2, 0.25) is 0 Å². The van der Waals surface area contributed by atoms with Gasteiger partial charge in [-0.1, -0.05) is 18.2 Å². The molecule has 7 heteroatoms. The number of benzene rings is 1. The van der Waals surface area contributed by atoms with Crippen molar-refractivity contribution in [3.05, 3.63) is 41.9 Å². The normalized spacial score (nSPS) is 15.4. The lowest BCUT2D eigenvalue weighted by molar-refractivity contribution is 0.240. The number of carbonyl (C=O) groups excluding carboxylic acids is 1. The number of hydrogen-bond acceptors (Lipinski definition) is 5. The number of thiazole rings is 1. The van der Waals surface area contributed by atoms with Crippen LogP contribution in [0.4, 0.5) is 15.6 Å². The summed E-state index contributed by atoms with van der Waals surface area (Å²) in [7, 11) is 0. The van der Waals surface area contributed by atoms with E-state index in [0.717, 1.165) is 32.7 Å². The zero-order valence-electron chi connectivity index (χ0n) is 12.9. The molecule has 23 heavy (non-hydrogen) atoms. The minimum Gasteiger partial charge on any atom is -0.369 e. The molecule has 0 atom stereocenters. The number of nitrogens with one attached hydrogen (secondary N) is 2. The average molecular weight is 331 g/mol. The van der Waals surface area contributed by atoms with Gasteiger partial charge in [0.1, 0.15) is 0 Å². The second kappa shape index (κ2) is 7.94. The van der Waals surface area contributed by atoms with Gasteiger partial charge in [-0.15, -0.1) is 11.3 Å². The van der Waals surface area contributed by atoms with Gasteiger partial charge in [0.05, 0.1) is 0 Å². The molecule has 1 saturated heterocycles. The first kappa shape index (κ1) is 15.8. The van der Waals surface area contributed by atoms with Crippen molar-refractivity contribution in [1.82, 2.24) is 15.2 Å². The number of para-hydroxylation sites is 1. The van der Waals surface area contributed by atoms with Crippen molar-refractivity contribution >= 4 is 28.2 Å². The predicted octanol–water partition coefficient (Wildman–Crippen LogP) is 2.09.